The quantitative estimate of drug-likeness (QED) is 0.859. The molecule has 1 heterocycles. The fraction of sp³-hybridized carbons (Fsp3) is 0.200. The molecule has 1 aromatic carbocycles. The Hall–Kier alpha value is -2.20. The number of pyridine rings is 1. The molecule has 2 rings (SSSR count). The number of rotatable bonds is 5. The van der Waals surface area contributed by atoms with Gasteiger partial charge >= 0.3 is 0 Å². The molecule has 19 heavy (non-hydrogen) atoms. The normalized spacial score (nSPS) is 10.2. The van der Waals surface area contributed by atoms with Gasteiger partial charge in [-0.3, -0.25) is 4.79 Å². The summed E-state index contributed by atoms with van der Waals surface area (Å²) in [5, 5.41) is 2.80. The molecule has 4 heteroatoms. The highest BCUT2D eigenvalue weighted by Gasteiger charge is 2.07. The number of nitrogens with one attached hydrogen (secondary N) is 1. The summed E-state index contributed by atoms with van der Waals surface area (Å²) in [5.41, 5.74) is 7.59. The number of hydrogen-bond donors (Lipinski definition) is 2. The first-order chi connectivity index (χ1) is 9.29. The van der Waals surface area contributed by atoms with Crippen molar-refractivity contribution in [3.05, 3.63) is 59.8 Å². The van der Waals surface area contributed by atoms with Gasteiger partial charge in [-0.1, -0.05) is 36.4 Å². The lowest BCUT2D eigenvalue weighted by atomic mass is 10.1. The van der Waals surface area contributed by atoms with Gasteiger partial charge in [0.2, 0.25) is 5.91 Å². The minimum absolute atomic E-state index is 0.0442. The summed E-state index contributed by atoms with van der Waals surface area (Å²) in [6, 6.07) is 13.6. The van der Waals surface area contributed by atoms with Gasteiger partial charge in [-0.05, 0) is 18.1 Å². The number of benzene rings is 1. The van der Waals surface area contributed by atoms with E-state index in [0.717, 1.165) is 17.5 Å². The van der Waals surface area contributed by atoms with Crippen LogP contribution < -0.4 is 11.1 Å². The van der Waals surface area contributed by atoms with Gasteiger partial charge in [-0.2, -0.15) is 0 Å². The van der Waals surface area contributed by atoms with E-state index in [1.165, 1.54) is 0 Å². The van der Waals surface area contributed by atoms with Gasteiger partial charge in [-0.15, -0.1) is 0 Å². The molecule has 0 aliphatic carbocycles. The first-order valence-electron chi connectivity index (χ1n) is 6.27. The second-order valence-electron chi connectivity index (χ2n) is 4.25. The lowest BCUT2D eigenvalue weighted by Crippen LogP contribution is -2.15. The van der Waals surface area contributed by atoms with Crippen molar-refractivity contribution >= 4 is 11.7 Å². The van der Waals surface area contributed by atoms with E-state index in [1.54, 1.807) is 6.20 Å². The van der Waals surface area contributed by atoms with E-state index in [1.807, 2.05) is 42.5 Å². The molecular formula is C15H17N3O. The average molecular weight is 255 g/mol. The van der Waals surface area contributed by atoms with Crippen molar-refractivity contribution in [1.82, 2.24) is 4.98 Å². The minimum Gasteiger partial charge on any atom is -0.326 e. The molecule has 0 saturated heterocycles. The molecule has 2 aromatic rings. The Morgan fingerprint density at radius 1 is 1.16 bits per heavy atom. The Balaban J connectivity index is 1.91. The number of carbonyl (C=O) groups excluding carboxylic acids is 1. The van der Waals surface area contributed by atoms with Crippen LogP contribution in [-0.4, -0.2) is 10.9 Å². The van der Waals surface area contributed by atoms with E-state index >= 15 is 0 Å². The minimum atomic E-state index is -0.0442. The van der Waals surface area contributed by atoms with Crippen LogP contribution in [0.4, 0.5) is 5.82 Å². The van der Waals surface area contributed by atoms with Crippen LogP contribution in [0.2, 0.25) is 0 Å². The van der Waals surface area contributed by atoms with Gasteiger partial charge in [0.25, 0.3) is 0 Å². The third-order valence-electron chi connectivity index (χ3n) is 2.85. The molecule has 0 saturated carbocycles. The molecule has 1 amide bonds. The van der Waals surface area contributed by atoms with Crippen LogP contribution in [0.1, 0.15) is 17.5 Å². The smallest absolute Gasteiger partial charge is 0.225 e. The predicted octanol–water partition coefficient (Wildman–Crippen LogP) is 2.11. The molecule has 1 aromatic heterocycles. The molecule has 0 radical (unpaired) electrons. The van der Waals surface area contributed by atoms with Crippen LogP contribution in [0.5, 0.6) is 0 Å². The molecule has 0 spiro atoms. The molecule has 3 N–H and O–H groups in total. The van der Waals surface area contributed by atoms with Crippen LogP contribution in [0.15, 0.2) is 48.7 Å². The number of nitrogens with two attached hydrogens (primary N) is 1. The van der Waals surface area contributed by atoms with Crippen LogP contribution in [-0.2, 0) is 17.8 Å². The molecular weight excluding hydrogens is 238 g/mol. The van der Waals surface area contributed by atoms with Gasteiger partial charge in [0.05, 0.1) is 0 Å². The third kappa shape index (κ3) is 3.89. The summed E-state index contributed by atoms with van der Waals surface area (Å²) in [6.45, 7) is 0.363. The number of anilines is 1. The Labute approximate surface area is 112 Å². The predicted molar refractivity (Wildman–Crippen MR) is 75.5 cm³/mol. The van der Waals surface area contributed by atoms with Gasteiger partial charge in [0.1, 0.15) is 5.82 Å². The summed E-state index contributed by atoms with van der Waals surface area (Å²) >= 11 is 0. The monoisotopic (exact) mass is 255 g/mol. The molecule has 0 fully saturated rings. The summed E-state index contributed by atoms with van der Waals surface area (Å²) in [5.74, 6) is 0.514. The van der Waals surface area contributed by atoms with E-state index in [4.69, 9.17) is 5.73 Å². The second-order valence-corrected chi connectivity index (χ2v) is 4.25. The van der Waals surface area contributed by atoms with Gasteiger partial charge < -0.3 is 11.1 Å². The van der Waals surface area contributed by atoms with Crippen molar-refractivity contribution < 1.29 is 4.79 Å². The highest BCUT2D eigenvalue weighted by molar-refractivity contribution is 5.90. The maximum Gasteiger partial charge on any atom is 0.225 e. The molecule has 0 unspecified atom stereocenters. The van der Waals surface area contributed by atoms with Gasteiger partial charge in [-0.25, -0.2) is 4.98 Å². The Morgan fingerprint density at radius 3 is 2.68 bits per heavy atom. The standard InChI is InChI=1S/C15H17N3O/c16-11-13-7-4-10-17-15(13)18-14(19)9-8-12-5-2-1-3-6-12/h1-7,10H,8-9,11,16H2,(H,17,18,19). The number of carbonyl (C=O) groups is 1. The molecule has 0 aliphatic rings. The number of amides is 1. The van der Waals surface area contributed by atoms with Crippen LogP contribution in [0, 0.1) is 0 Å². The molecule has 0 atom stereocenters. The third-order valence-corrected chi connectivity index (χ3v) is 2.85. The number of hydrogen-bond acceptors (Lipinski definition) is 3. The van der Waals surface area contributed by atoms with Crippen molar-refractivity contribution in [2.24, 2.45) is 5.73 Å². The number of aryl methyl sites for hydroxylation is 1. The van der Waals surface area contributed by atoms with Crippen molar-refractivity contribution in [2.75, 3.05) is 5.32 Å². The zero-order valence-electron chi connectivity index (χ0n) is 10.7. The fourth-order valence-electron chi connectivity index (χ4n) is 1.81. The van der Waals surface area contributed by atoms with E-state index in [9.17, 15) is 4.79 Å². The maximum atomic E-state index is 11.9. The van der Waals surface area contributed by atoms with Crippen molar-refractivity contribution in [2.45, 2.75) is 19.4 Å². The average Bonchev–Trinajstić information content (AvgIpc) is 2.47. The van der Waals surface area contributed by atoms with Crippen molar-refractivity contribution in [3.63, 3.8) is 0 Å². The van der Waals surface area contributed by atoms with Crippen LogP contribution in [0.3, 0.4) is 0 Å². The summed E-state index contributed by atoms with van der Waals surface area (Å²) in [7, 11) is 0. The largest absolute Gasteiger partial charge is 0.326 e. The second kappa shape index (κ2) is 6.66. The Morgan fingerprint density at radius 2 is 1.95 bits per heavy atom. The van der Waals surface area contributed by atoms with E-state index in [0.29, 0.717) is 18.8 Å². The van der Waals surface area contributed by atoms with Crippen molar-refractivity contribution in [3.8, 4) is 0 Å². The number of nitrogens with zero attached hydrogens (tertiary/aromatic N) is 1. The Bertz CT molecular complexity index is 540. The molecule has 98 valence electrons. The van der Waals surface area contributed by atoms with Crippen LogP contribution in [0.25, 0.3) is 0 Å². The first kappa shape index (κ1) is 13.2. The van der Waals surface area contributed by atoms with E-state index in [-0.39, 0.29) is 5.91 Å². The molecule has 0 bridgehead atoms. The van der Waals surface area contributed by atoms with Gasteiger partial charge in [0, 0.05) is 24.7 Å². The van der Waals surface area contributed by atoms with Gasteiger partial charge in [0.15, 0.2) is 0 Å². The zero-order chi connectivity index (χ0) is 13.5. The first-order valence-corrected chi connectivity index (χ1v) is 6.27. The topological polar surface area (TPSA) is 68.0 Å². The summed E-state index contributed by atoms with van der Waals surface area (Å²) in [6.07, 6.45) is 2.80. The molecule has 4 nitrogen and oxygen atoms in total. The van der Waals surface area contributed by atoms with E-state index in [2.05, 4.69) is 10.3 Å². The lowest BCUT2D eigenvalue weighted by molar-refractivity contribution is -0.116. The zero-order valence-corrected chi connectivity index (χ0v) is 10.7. The van der Waals surface area contributed by atoms with Crippen molar-refractivity contribution in [1.29, 1.82) is 0 Å². The Kier molecular flexibility index (Phi) is 4.64. The number of aromatic nitrogens is 1. The van der Waals surface area contributed by atoms with Crippen LogP contribution >= 0.6 is 0 Å². The SMILES string of the molecule is NCc1cccnc1NC(=O)CCc1ccccc1. The molecule has 0 aliphatic heterocycles. The highest BCUT2D eigenvalue weighted by Crippen LogP contribution is 2.11. The summed E-state index contributed by atoms with van der Waals surface area (Å²) in [4.78, 5) is 16.0. The summed E-state index contributed by atoms with van der Waals surface area (Å²) < 4.78 is 0. The maximum absolute atomic E-state index is 11.9. The van der Waals surface area contributed by atoms with E-state index < -0.39 is 0 Å². The fourth-order valence-corrected chi connectivity index (χ4v) is 1.81. The lowest BCUT2D eigenvalue weighted by Gasteiger charge is -2.08. The highest BCUT2D eigenvalue weighted by atomic mass is 16.1.